The van der Waals surface area contributed by atoms with E-state index in [0.717, 1.165) is 11.1 Å². The number of thiazole rings is 1. The lowest BCUT2D eigenvalue weighted by Gasteiger charge is -2.15. The van der Waals surface area contributed by atoms with Crippen molar-refractivity contribution in [1.29, 1.82) is 0 Å². The number of benzene rings is 2. The number of carbonyl (C=O) groups excluding carboxylic acids is 2. The Hall–Kier alpha value is -3.92. The fourth-order valence-corrected chi connectivity index (χ4v) is 3.95. The molecule has 0 fully saturated rings. The molecule has 0 aliphatic rings. The van der Waals surface area contributed by atoms with Crippen LogP contribution < -0.4 is 14.8 Å². The Bertz CT molecular complexity index is 1300. The second-order valence-corrected chi connectivity index (χ2v) is 7.89. The Kier molecular flexibility index (Phi) is 6.55. The Morgan fingerprint density at radius 1 is 1.12 bits per heavy atom. The quantitative estimate of drug-likeness (QED) is 0.373. The molecule has 170 valence electrons. The van der Waals surface area contributed by atoms with E-state index in [-0.39, 0.29) is 0 Å². The molecule has 0 saturated carbocycles. The first-order valence-electron chi connectivity index (χ1n) is 10.1. The maximum atomic E-state index is 12.7. The summed E-state index contributed by atoms with van der Waals surface area (Å²) in [4.78, 5) is 36.8. The highest BCUT2D eigenvalue weighted by atomic mass is 32.1. The second-order valence-electron chi connectivity index (χ2n) is 7.03. The zero-order chi connectivity index (χ0) is 23.4. The van der Waals surface area contributed by atoms with E-state index in [4.69, 9.17) is 14.2 Å². The summed E-state index contributed by atoms with van der Waals surface area (Å²) in [6.07, 6.45) is 0.910. The molecule has 10 heteroatoms. The molecule has 2 heterocycles. The third kappa shape index (κ3) is 4.80. The first-order chi connectivity index (χ1) is 16.0. The Balaban J connectivity index is 1.43. The predicted octanol–water partition coefficient (Wildman–Crippen LogP) is 4.28. The van der Waals surface area contributed by atoms with Gasteiger partial charge in [-0.05, 0) is 42.8 Å². The molecular weight excluding hydrogens is 444 g/mol. The number of methoxy groups -OCH3 is 2. The number of ether oxygens (including phenoxy) is 3. The van der Waals surface area contributed by atoms with E-state index in [0.29, 0.717) is 39.8 Å². The SMILES string of the molecule is CCC(OC(=O)c1ccc2nc[nH]c2c1)C(=O)Nc1nc(-c2ccc(OC)c(OC)c2)cs1. The smallest absolute Gasteiger partial charge is 0.338 e. The molecule has 0 spiro atoms. The molecule has 0 aliphatic carbocycles. The van der Waals surface area contributed by atoms with E-state index < -0.39 is 18.0 Å². The average molecular weight is 467 g/mol. The first kappa shape index (κ1) is 22.3. The molecule has 2 N–H and O–H groups in total. The topological polar surface area (TPSA) is 115 Å². The van der Waals surface area contributed by atoms with Gasteiger partial charge in [-0.25, -0.2) is 14.8 Å². The number of rotatable bonds is 8. The van der Waals surface area contributed by atoms with Gasteiger partial charge in [-0.3, -0.25) is 10.1 Å². The van der Waals surface area contributed by atoms with Gasteiger partial charge in [0.05, 0.1) is 42.8 Å². The highest BCUT2D eigenvalue weighted by Crippen LogP contribution is 2.33. The van der Waals surface area contributed by atoms with Crippen molar-refractivity contribution >= 4 is 39.4 Å². The summed E-state index contributed by atoms with van der Waals surface area (Å²) in [5.74, 6) is 0.171. The van der Waals surface area contributed by atoms with Crippen LogP contribution in [0.25, 0.3) is 22.3 Å². The molecule has 4 rings (SSSR count). The summed E-state index contributed by atoms with van der Waals surface area (Å²) in [5, 5.41) is 4.96. The van der Waals surface area contributed by atoms with Crippen LogP contribution in [0.2, 0.25) is 0 Å². The number of hydrogen-bond donors (Lipinski definition) is 2. The van der Waals surface area contributed by atoms with Crippen molar-refractivity contribution in [1.82, 2.24) is 15.0 Å². The minimum absolute atomic E-state index is 0.317. The molecule has 2 aromatic heterocycles. The number of aromatic amines is 1. The molecule has 0 radical (unpaired) electrons. The molecule has 4 aromatic rings. The van der Waals surface area contributed by atoms with Crippen LogP contribution in [-0.4, -0.2) is 47.2 Å². The number of amides is 1. The molecule has 33 heavy (non-hydrogen) atoms. The first-order valence-corrected chi connectivity index (χ1v) is 11.0. The largest absolute Gasteiger partial charge is 0.493 e. The fourth-order valence-electron chi connectivity index (χ4n) is 3.23. The van der Waals surface area contributed by atoms with Crippen LogP contribution in [0.4, 0.5) is 5.13 Å². The van der Waals surface area contributed by atoms with E-state index in [2.05, 4.69) is 20.3 Å². The molecule has 1 unspecified atom stereocenters. The summed E-state index contributed by atoms with van der Waals surface area (Å²) >= 11 is 1.27. The van der Waals surface area contributed by atoms with Crippen LogP contribution in [0.1, 0.15) is 23.7 Å². The van der Waals surface area contributed by atoms with Crippen molar-refractivity contribution in [3.63, 3.8) is 0 Å². The normalized spacial score (nSPS) is 11.7. The number of anilines is 1. The zero-order valence-electron chi connectivity index (χ0n) is 18.2. The summed E-state index contributed by atoms with van der Waals surface area (Å²) < 4.78 is 16.0. The van der Waals surface area contributed by atoms with Crippen molar-refractivity contribution in [3.8, 4) is 22.8 Å². The third-order valence-electron chi connectivity index (χ3n) is 4.98. The number of nitrogens with zero attached hydrogens (tertiary/aromatic N) is 2. The predicted molar refractivity (Wildman–Crippen MR) is 125 cm³/mol. The lowest BCUT2D eigenvalue weighted by Crippen LogP contribution is -2.32. The summed E-state index contributed by atoms with van der Waals surface area (Å²) in [6.45, 7) is 1.77. The Labute approximate surface area is 193 Å². The van der Waals surface area contributed by atoms with Gasteiger partial charge < -0.3 is 19.2 Å². The molecule has 0 bridgehead atoms. The second kappa shape index (κ2) is 9.70. The molecule has 1 atom stereocenters. The Morgan fingerprint density at radius 3 is 2.70 bits per heavy atom. The minimum atomic E-state index is -0.955. The average Bonchev–Trinajstić information content (AvgIpc) is 3.50. The molecular formula is C23H22N4O5S. The highest BCUT2D eigenvalue weighted by molar-refractivity contribution is 7.14. The monoisotopic (exact) mass is 466 g/mol. The molecule has 0 aliphatic heterocycles. The molecule has 9 nitrogen and oxygen atoms in total. The van der Waals surface area contributed by atoms with Crippen LogP contribution in [0.5, 0.6) is 11.5 Å². The van der Waals surface area contributed by atoms with Crippen LogP contribution in [0.3, 0.4) is 0 Å². The number of carbonyl (C=O) groups is 2. The molecule has 0 saturated heterocycles. The van der Waals surface area contributed by atoms with E-state index in [9.17, 15) is 9.59 Å². The number of imidazole rings is 1. The van der Waals surface area contributed by atoms with Crippen molar-refractivity contribution in [2.45, 2.75) is 19.4 Å². The van der Waals surface area contributed by atoms with Crippen molar-refractivity contribution in [3.05, 3.63) is 53.7 Å². The highest BCUT2D eigenvalue weighted by Gasteiger charge is 2.23. The van der Waals surface area contributed by atoms with Crippen molar-refractivity contribution in [2.24, 2.45) is 0 Å². The molecule has 2 aromatic carbocycles. The van der Waals surface area contributed by atoms with Crippen LogP contribution in [-0.2, 0) is 9.53 Å². The molecule has 1 amide bonds. The van der Waals surface area contributed by atoms with Gasteiger partial charge in [0.2, 0.25) is 0 Å². The number of H-pyrrole nitrogens is 1. The van der Waals surface area contributed by atoms with Crippen molar-refractivity contribution in [2.75, 3.05) is 19.5 Å². The fraction of sp³-hybridized carbons (Fsp3) is 0.217. The van der Waals surface area contributed by atoms with Gasteiger partial charge in [0.1, 0.15) is 0 Å². The van der Waals surface area contributed by atoms with Gasteiger partial charge in [0.15, 0.2) is 22.7 Å². The summed E-state index contributed by atoms with van der Waals surface area (Å²) in [7, 11) is 3.13. The van der Waals surface area contributed by atoms with E-state index >= 15 is 0 Å². The van der Waals surface area contributed by atoms with E-state index in [1.165, 1.54) is 11.3 Å². The minimum Gasteiger partial charge on any atom is -0.493 e. The standard InChI is InChI=1S/C23H22N4O5S/c1-4-18(32-22(29)14-5-7-15-16(9-14)25-12-24-15)21(28)27-23-26-17(11-33-23)13-6-8-19(30-2)20(10-13)31-3/h5-12,18H,4H2,1-3H3,(H,24,25)(H,26,27,28). The van der Waals surface area contributed by atoms with Crippen molar-refractivity contribution < 1.29 is 23.8 Å². The van der Waals surface area contributed by atoms with E-state index in [1.54, 1.807) is 51.7 Å². The van der Waals surface area contributed by atoms with Gasteiger partial charge in [-0.1, -0.05) is 6.92 Å². The number of fused-ring (bicyclic) bond motifs is 1. The number of aromatic nitrogens is 3. The van der Waals surface area contributed by atoms with Crippen LogP contribution >= 0.6 is 11.3 Å². The Morgan fingerprint density at radius 2 is 1.94 bits per heavy atom. The van der Waals surface area contributed by atoms with Gasteiger partial charge in [0.25, 0.3) is 5.91 Å². The summed E-state index contributed by atoms with van der Waals surface area (Å²) in [6, 6.07) is 10.4. The van der Waals surface area contributed by atoms with Gasteiger partial charge in [-0.2, -0.15) is 0 Å². The van der Waals surface area contributed by atoms with Gasteiger partial charge in [-0.15, -0.1) is 11.3 Å². The third-order valence-corrected chi connectivity index (χ3v) is 5.74. The van der Waals surface area contributed by atoms with Gasteiger partial charge in [0, 0.05) is 10.9 Å². The van der Waals surface area contributed by atoms with Gasteiger partial charge >= 0.3 is 5.97 Å². The maximum Gasteiger partial charge on any atom is 0.338 e. The summed E-state index contributed by atoms with van der Waals surface area (Å²) in [5.41, 5.74) is 3.28. The zero-order valence-corrected chi connectivity index (χ0v) is 19.1. The number of esters is 1. The van der Waals surface area contributed by atoms with E-state index in [1.807, 2.05) is 17.5 Å². The number of hydrogen-bond acceptors (Lipinski definition) is 8. The maximum absolute atomic E-state index is 12.7. The van der Waals surface area contributed by atoms with Crippen LogP contribution in [0, 0.1) is 0 Å². The lowest BCUT2D eigenvalue weighted by molar-refractivity contribution is -0.124. The lowest BCUT2D eigenvalue weighted by atomic mass is 10.1. The number of nitrogens with one attached hydrogen (secondary N) is 2. The van der Waals surface area contributed by atoms with Crippen LogP contribution in [0.15, 0.2) is 48.1 Å².